The van der Waals surface area contributed by atoms with Gasteiger partial charge in [0, 0.05) is 29.1 Å². The average molecular weight is 532 g/mol. The number of hydrogen-bond acceptors (Lipinski definition) is 5. The molecule has 1 aliphatic rings. The zero-order chi connectivity index (χ0) is 26.1. The van der Waals surface area contributed by atoms with E-state index < -0.39 is 0 Å². The van der Waals surface area contributed by atoms with Gasteiger partial charge in [0.05, 0.1) is 26.4 Å². The van der Waals surface area contributed by atoms with Crippen molar-refractivity contribution in [3.63, 3.8) is 0 Å². The molecule has 8 heteroatoms. The van der Waals surface area contributed by atoms with Crippen LogP contribution in [-0.4, -0.2) is 32.4 Å². The number of carbonyl (C=O) groups excluding carboxylic acids is 2. The lowest BCUT2D eigenvalue weighted by atomic mass is 9.90. The maximum atomic E-state index is 12.9. The number of imidazole rings is 1. The fourth-order valence-corrected chi connectivity index (χ4v) is 5.94. The molecule has 1 saturated carbocycles. The molecule has 2 aromatic carbocycles. The normalized spacial score (nSPS) is 17.4. The van der Waals surface area contributed by atoms with Crippen LogP contribution in [0, 0.1) is 12.3 Å². The Morgan fingerprint density at radius 2 is 2.05 bits per heavy atom. The summed E-state index contributed by atoms with van der Waals surface area (Å²) in [6.45, 7) is 1.83. The summed E-state index contributed by atoms with van der Waals surface area (Å²) in [7, 11) is 0. The van der Waals surface area contributed by atoms with Gasteiger partial charge in [-0.2, -0.15) is 0 Å². The van der Waals surface area contributed by atoms with Gasteiger partial charge < -0.3 is 15.0 Å². The summed E-state index contributed by atoms with van der Waals surface area (Å²) < 4.78 is 2.13. The van der Waals surface area contributed by atoms with E-state index in [2.05, 4.69) is 15.8 Å². The van der Waals surface area contributed by atoms with Crippen molar-refractivity contribution >= 4 is 45.7 Å². The molecule has 2 aromatic heterocycles. The molecule has 5 rings (SSSR count). The molecule has 0 radical (unpaired) electrons. The van der Waals surface area contributed by atoms with Gasteiger partial charge in [-0.1, -0.05) is 24.4 Å². The number of phenols is 1. The van der Waals surface area contributed by atoms with Gasteiger partial charge in [-0.15, -0.1) is 17.8 Å². The summed E-state index contributed by atoms with van der Waals surface area (Å²) >= 11 is 7.60. The Bertz CT molecular complexity index is 1550. The molecule has 2 heterocycles. The van der Waals surface area contributed by atoms with Crippen LogP contribution in [0.3, 0.4) is 0 Å². The fourth-order valence-electron chi connectivity index (χ4n) is 5.05. The predicted molar refractivity (Wildman–Crippen MR) is 147 cm³/mol. The number of aromatic nitrogens is 2. The number of thiophene rings is 1. The van der Waals surface area contributed by atoms with Crippen molar-refractivity contribution in [3.8, 4) is 29.5 Å². The number of phenolic OH excluding ortho intramolecular Hbond substituents is 1. The lowest BCUT2D eigenvalue weighted by Crippen LogP contribution is -2.38. The number of rotatable bonds is 6. The van der Waals surface area contributed by atoms with E-state index in [1.807, 2.05) is 25.1 Å². The van der Waals surface area contributed by atoms with Crippen LogP contribution in [0.2, 0.25) is 5.02 Å². The first-order valence-corrected chi connectivity index (χ1v) is 13.5. The number of amides is 1. The number of ketones is 1. The highest BCUT2D eigenvalue weighted by Crippen LogP contribution is 2.39. The van der Waals surface area contributed by atoms with E-state index in [0.717, 1.165) is 29.7 Å². The zero-order valence-corrected chi connectivity index (χ0v) is 21.9. The number of hydrogen-bond donors (Lipinski definition) is 2. The molecule has 0 aliphatic heterocycles. The summed E-state index contributed by atoms with van der Waals surface area (Å²) in [6.07, 6.45) is 9.25. The van der Waals surface area contributed by atoms with Crippen molar-refractivity contribution in [3.05, 3.63) is 68.9 Å². The number of carbonyl (C=O) groups is 2. The summed E-state index contributed by atoms with van der Waals surface area (Å²) in [4.78, 5) is 31.4. The molecule has 0 bridgehead atoms. The van der Waals surface area contributed by atoms with Crippen LogP contribution in [0.4, 0.5) is 0 Å². The topological polar surface area (TPSA) is 84.2 Å². The lowest BCUT2D eigenvalue weighted by Gasteiger charge is -2.32. The fraction of sp³-hybridized carbons (Fsp3) is 0.276. The van der Waals surface area contributed by atoms with Crippen molar-refractivity contribution in [2.24, 2.45) is 0 Å². The van der Waals surface area contributed by atoms with E-state index in [1.165, 1.54) is 11.3 Å². The molecule has 6 nitrogen and oxygen atoms in total. The molecule has 0 unspecified atom stereocenters. The Kier molecular flexibility index (Phi) is 7.05. The minimum absolute atomic E-state index is 0.0229. The Morgan fingerprint density at radius 1 is 1.22 bits per heavy atom. The molecule has 2 N–H and O–H groups in total. The molecular weight excluding hydrogens is 506 g/mol. The molecule has 0 spiro atoms. The second-order valence-corrected chi connectivity index (χ2v) is 10.8. The second-order valence-electron chi connectivity index (χ2n) is 9.25. The summed E-state index contributed by atoms with van der Waals surface area (Å²) in [6, 6.07) is 14.0. The van der Waals surface area contributed by atoms with Crippen LogP contribution in [0.1, 0.15) is 70.0 Å². The Labute approximate surface area is 224 Å². The summed E-state index contributed by atoms with van der Waals surface area (Å²) in [5.74, 6) is 3.16. The Morgan fingerprint density at radius 3 is 2.81 bits per heavy atom. The number of halogens is 1. The molecule has 1 aliphatic carbocycles. The number of Topliss-reactive ketones (excluding diaryl/α,β-unsaturated/α-hetero) is 1. The second kappa shape index (κ2) is 10.4. The van der Waals surface area contributed by atoms with Crippen molar-refractivity contribution in [2.75, 3.05) is 0 Å². The Balaban J connectivity index is 1.52. The van der Waals surface area contributed by atoms with Crippen LogP contribution in [0.5, 0.6) is 5.75 Å². The standard InChI is InChI=1S/C29H26ClN3O3S/c1-3-21-10-13-27(37-21)29(36)31-19-6-5-7-20(16-19)33-24-11-8-17(25(34)4-2)14-23(24)32-28(33)22-15-18(30)9-12-26(22)35/h1,8-15,19-20,35H,4-7,16H2,2H3,(H,31,36)/t19-,20+/m1/s1. The molecule has 2 atom stereocenters. The van der Waals surface area contributed by atoms with Gasteiger partial charge in [-0.05, 0) is 74.2 Å². The molecule has 4 aromatic rings. The summed E-state index contributed by atoms with van der Waals surface area (Å²) in [5, 5.41) is 14.4. The predicted octanol–water partition coefficient (Wildman–Crippen LogP) is 6.61. The van der Waals surface area contributed by atoms with Crippen molar-refractivity contribution in [1.82, 2.24) is 14.9 Å². The maximum Gasteiger partial charge on any atom is 0.261 e. The SMILES string of the molecule is C#Cc1ccc(C(=O)N[C@@H]2CCC[C@H](n3c(-c4cc(Cl)ccc4O)nc4cc(C(=O)CC)ccc43)C2)s1. The largest absolute Gasteiger partial charge is 0.507 e. The first-order chi connectivity index (χ1) is 17.9. The zero-order valence-electron chi connectivity index (χ0n) is 20.3. The quantitative estimate of drug-likeness (QED) is 0.216. The monoisotopic (exact) mass is 531 g/mol. The number of terminal acetylenes is 1. The van der Waals surface area contributed by atoms with Crippen LogP contribution < -0.4 is 5.32 Å². The third-order valence-electron chi connectivity index (χ3n) is 6.85. The van der Waals surface area contributed by atoms with Gasteiger partial charge in [0.25, 0.3) is 5.91 Å². The third-order valence-corrected chi connectivity index (χ3v) is 8.10. The molecule has 1 fully saturated rings. The summed E-state index contributed by atoms with van der Waals surface area (Å²) in [5.41, 5.74) is 2.69. The number of benzene rings is 2. The van der Waals surface area contributed by atoms with Gasteiger partial charge in [0.1, 0.15) is 11.6 Å². The van der Waals surface area contributed by atoms with Crippen LogP contribution in [0.25, 0.3) is 22.4 Å². The van der Waals surface area contributed by atoms with Gasteiger partial charge >= 0.3 is 0 Å². The highest BCUT2D eigenvalue weighted by molar-refractivity contribution is 7.14. The minimum atomic E-state index is -0.122. The van der Waals surface area contributed by atoms with Crippen molar-refractivity contribution in [2.45, 2.75) is 51.1 Å². The third kappa shape index (κ3) is 5.00. The average Bonchev–Trinajstić information content (AvgIpc) is 3.54. The number of fused-ring (bicyclic) bond motifs is 1. The maximum absolute atomic E-state index is 12.9. The smallest absolute Gasteiger partial charge is 0.261 e. The molecule has 1 amide bonds. The van der Waals surface area contributed by atoms with Gasteiger partial charge in [-0.3, -0.25) is 9.59 Å². The molecular formula is C29H26ClN3O3S. The van der Waals surface area contributed by atoms with Gasteiger partial charge in [0.15, 0.2) is 5.78 Å². The van der Waals surface area contributed by atoms with E-state index in [-0.39, 0.29) is 29.5 Å². The highest BCUT2D eigenvalue weighted by atomic mass is 35.5. The van der Waals surface area contributed by atoms with E-state index in [0.29, 0.717) is 45.2 Å². The van der Waals surface area contributed by atoms with Gasteiger partial charge in [-0.25, -0.2) is 4.98 Å². The van der Waals surface area contributed by atoms with Crippen molar-refractivity contribution in [1.29, 1.82) is 0 Å². The number of aromatic hydroxyl groups is 1. The van der Waals surface area contributed by atoms with E-state index >= 15 is 0 Å². The van der Waals surface area contributed by atoms with Crippen LogP contribution >= 0.6 is 22.9 Å². The molecule has 0 saturated heterocycles. The number of nitrogens with one attached hydrogen (secondary N) is 1. The number of nitrogens with zero attached hydrogens (tertiary/aromatic N) is 2. The van der Waals surface area contributed by atoms with Crippen LogP contribution in [-0.2, 0) is 0 Å². The van der Waals surface area contributed by atoms with E-state index in [9.17, 15) is 14.7 Å². The van der Waals surface area contributed by atoms with Crippen molar-refractivity contribution < 1.29 is 14.7 Å². The van der Waals surface area contributed by atoms with Crippen LogP contribution in [0.15, 0.2) is 48.5 Å². The molecule has 188 valence electrons. The van der Waals surface area contributed by atoms with E-state index in [1.54, 1.807) is 30.3 Å². The first kappa shape index (κ1) is 25.1. The van der Waals surface area contributed by atoms with Gasteiger partial charge in [0.2, 0.25) is 0 Å². The van der Waals surface area contributed by atoms with E-state index in [4.69, 9.17) is 23.0 Å². The molecule has 37 heavy (non-hydrogen) atoms. The minimum Gasteiger partial charge on any atom is -0.507 e. The lowest BCUT2D eigenvalue weighted by molar-refractivity contribution is 0.0924. The first-order valence-electron chi connectivity index (χ1n) is 12.3. The Hall–Kier alpha value is -3.60. The highest BCUT2D eigenvalue weighted by Gasteiger charge is 2.29.